The van der Waals surface area contributed by atoms with Gasteiger partial charge in [-0.15, -0.1) is 0 Å². The number of piperazine rings is 1. The van der Waals surface area contributed by atoms with Crippen molar-refractivity contribution in [1.82, 2.24) is 15.2 Å². The second-order valence-electron chi connectivity index (χ2n) is 6.81. The van der Waals surface area contributed by atoms with E-state index in [1.54, 1.807) is 0 Å². The van der Waals surface area contributed by atoms with Gasteiger partial charge in [-0.1, -0.05) is 13.0 Å². The number of aryl methyl sites for hydroxylation is 1. The fourth-order valence-electron chi connectivity index (χ4n) is 3.56. The topological polar surface area (TPSA) is 28.2 Å². The standard InChI is InChI=1S/C17H27N3/c1-4-16-10-18-17(3,14-8-9-14)12-20(16)11-15-7-5-6-13(2)19-15/h5-7,14,16,18H,4,8-12H2,1-3H3. The number of rotatable bonds is 4. The Kier molecular flexibility index (Phi) is 3.83. The molecule has 2 atom stereocenters. The van der Waals surface area contributed by atoms with E-state index >= 15 is 0 Å². The minimum atomic E-state index is 0.315. The lowest BCUT2D eigenvalue weighted by atomic mass is 9.90. The highest BCUT2D eigenvalue weighted by Gasteiger charge is 2.45. The Labute approximate surface area is 122 Å². The summed E-state index contributed by atoms with van der Waals surface area (Å²) in [6, 6.07) is 7.01. The van der Waals surface area contributed by atoms with Crippen molar-refractivity contribution >= 4 is 0 Å². The van der Waals surface area contributed by atoms with E-state index in [1.807, 2.05) is 0 Å². The summed E-state index contributed by atoms with van der Waals surface area (Å²) in [5, 5.41) is 3.82. The molecule has 0 bridgehead atoms. The third kappa shape index (κ3) is 2.89. The zero-order valence-electron chi connectivity index (χ0n) is 13.0. The molecule has 1 saturated carbocycles. The Morgan fingerprint density at radius 2 is 2.20 bits per heavy atom. The van der Waals surface area contributed by atoms with Gasteiger partial charge < -0.3 is 5.32 Å². The summed E-state index contributed by atoms with van der Waals surface area (Å²) >= 11 is 0. The van der Waals surface area contributed by atoms with Crippen LogP contribution in [0.15, 0.2) is 18.2 Å². The fourth-order valence-corrected chi connectivity index (χ4v) is 3.56. The Hall–Kier alpha value is -0.930. The Morgan fingerprint density at radius 1 is 1.40 bits per heavy atom. The molecule has 1 N–H and O–H groups in total. The van der Waals surface area contributed by atoms with Crippen molar-refractivity contribution in [2.75, 3.05) is 13.1 Å². The fraction of sp³-hybridized carbons (Fsp3) is 0.706. The Balaban J connectivity index is 1.73. The molecule has 0 aromatic carbocycles. The lowest BCUT2D eigenvalue weighted by Gasteiger charge is -2.46. The van der Waals surface area contributed by atoms with Gasteiger partial charge in [0, 0.05) is 36.9 Å². The van der Waals surface area contributed by atoms with Gasteiger partial charge in [0.25, 0.3) is 0 Å². The summed E-state index contributed by atoms with van der Waals surface area (Å²) in [5.74, 6) is 0.883. The monoisotopic (exact) mass is 273 g/mol. The number of nitrogens with zero attached hydrogens (tertiary/aromatic N) is 2. The first-order chi connectivity index (χ1) is 9.60. The highest BCUT2D eigenvalue weighted by Crippen LogP contribution is 2.41. The number of hydrogen-bond donors (Lipinski definition) is 1. The number of nitrogens with one attached hydrogen (secondary N) is 1. The molecule has 1 saturated heterocycles. The molecule has 3 nitrogen and oxygen atoms in total. The molecule has 2 unspecified atom stereocenters. The zero-order chi connectivity index (χ0) is 14.2. The third-order valence-electron chi connectivity index (χ3n) is 5.05. The third-order valence-corrected chi connectivity index (χ3v) is 5.05. The zero-order valence-corrected chi connectivity index (χ0v) is 13.0. The van der Waals surface area contributed by atoms with Gasteiger partial charge in [-0.3, -0.25) is 9.88 Å². The first-order valence-electron chi connectivity index (χ1n) is 8.02. The van der Waals surface area contributed by atoms with E-state index in [9.17, 15) is 0 Å². The van der Waals surface area contributed by atoms with Crippen molar-refractivity contribution in [1.29, 1.82) is 0 Å². The lowest BCUT2D eigenvalue weighted by Crippen LogP contribution is -2.63. The molecule has 1 aromatic heterocycles. The lowest BCUT2D eigenvalue weighted by molar-refractivity contribution is 0.0655. The molecule has 0 radical (unpaired) electrons. The molecule has 1 aliphatic heterocycles. The van der Waals surface area contributed by atoms with Gasteiger partial charge in [0.05, 0.1) is 5.69 Å². The maximum absolute atomic E-state index is 4.68. The van der Waals surface area contributed by atoms with Gasteiger partial charge in [-0.05, 0) is 51.2 Å². The number of pyridine rings is 1. The molecule has 1 aliphatic carbocycles. The van der Waals surface area contributed by atoms with Crippen LogP contribution < -0.4 is 5.32 Å². The maximum atomic E-state index is 4.68. The molecule has 3 heteroatoms. The van der Waals surface area contributed by atoms with E-state index in [2.05, 4.69) is 54.2 Å². The highest BCUT2D eigenvalue weighted by atomic mass is 15.3. The summed E-state index contributed by atoms with van der Waals surface area (Å²) in [7, 11) is 0. The largest absolute Gasteiger partial charge is 0.308 e. The minimum absolute atomic E-state index is 0.315. The van der Waals surface area contributed by atoms with E-state index in [0.717, 1.165) is 31.2 Å². The summed E-state index contributed by atoms with van der Waals surface area (Å²) in [5.41, 5.74) is 2.65. The Bertz CT molecular complexity index is 469. The van der Waals surface area contributed by atoms with Gasteiger partial charge >= 0.3 is 0 Å². The molecule has 20 heavy (non-hydrogen) atoms. The molecule has 3 rings (SSSR count). The summed E-state index contributed by atoms with van der Waals surface area (Å²) in [4.78, 5) is 7.33. The van der Waals surface area contributed by atoms with Crippen molar-refractivity contribution in [2.45, 2.75) is 58.2 Å². The van der Waals surface area contributed by atoms with Crippen LogP contribution >= 0.6 is 0 Å². The van der Waals surface area contributed by atoms with Gasteiger partial charge in [0.15, 0.2) is 0 Å². The summed E-state index contributed by atoms with van der Waals surface area (Å²) in [6.07, 6.45) is 4.01. The van der Waals surface area contributed by atoms with Crippen LogP contribution in [-0.4, -0.2) is 34.6 Å². The predicted octanol–water partition coefficient (Wildman–Crippen LogP) is 2.74. The highest BCUT2D eigenvalue weighted by molar-refractivity contribution is 5.11. The first kappa shape index (κ1) is 14.0. The first-order valence-corrected chi connectivity index (χ1v) is 8.02. The normalized spacial score (nSPS) is 31.4. The quantitative estimate of drug-likeness (QED) is 0.914. The van der Waals surface area contributed by atoms with Crippen LogP contribution in [0, 0.1) is 12.8 Å². The molecule has 2 aliphatic rings. The Morgan fingerprint density at radius 3 is 2.85 bits per heavy atom. The number of aromatic nitrogens is 1. The smallest absolute Gasteiger partial charge is 0.0547 e. The minimum Gasteiger partial charge on any atom is -0.308 e. The van der Waals surface area contributed by atoms with Crippen molar-refractivity contribution in [3.05, 3.63) is 29.6 Å². The molecular weight excluding hydrogens is 246 g/mol. The second kappa shape index (κ2) is 5.45. The van der Waals surface area contributed by atoms with Gasteiger partial charge in [0.2, 0.25) is 0 Å². The van der Waals surface area contributed by atoms with E-state index < -0.39 is 0 Å². The van der Waals surface area contributed by atoms with Crippen molar-refractivity contribution < 1.29 is 0 Å². The SMILES string of the molecule is CCC1CNC(C)(C2CC2)CN1Cc1cccc(C)n1. The summed E-state index contributed by atoms with van der Waals surface area (Å²) in [6.45, 7) is 10.0. The van der Waals surface area contributed by atoms with Gasteiger partial charge in [0.1, 0.15) is 0 Å². The van der Waals surface area contributed by atoms with E-state index in [-0.39, 0.29) is 0 Å². The van der Waals surface area contributed by atoms with Crippen LogP contribution in [0.4, 0.5) is 0 Å². The maximum Gasteiger partial charge on any atom is 0.0547 e. The molecule has 1 aromatic rings. The number of hydrogen-bond acceptors (Lipinski definition) is 3. The molecular formula is C17H27N3. The van der Waals surface area contributed by atoms with Crippen LogP contribution in [-0.2, 0) is 6.54 Å². The van der Waals surface area contributed by atoms with E-state index in [4.69, 9.17) is 0 Å². The van der Waals surface area contributed by atoms with Crippen LogP contribution in [0.5, 0.6) is 0 Å². The van der Waals surface area contributed by atoms with E-state index in [1.165, 1.54) is 25.0 Å². The van der Waals surface area contributed by atoms with Crippen LogP contribution in [0.1, 0.15) is 44.5 Å². The predicted molar refractivity (Wildman–Crippen MR) is 82.6 cm³/mol. The van der Waals surface area contributed by atoms with Gasteiger partial charge in [-0.2, -0.15) is 0 Å². The summed E-state index contributed by atoms with van der Waals surface area (Å²) < 4.78 is 0. The second-order valence-corrected chi connectivity index (χ2v) is 6.81. The average Bonchev–Trinajstić information content (AvgIpc) is 3.24. The molecule has 110 valence electrons. The molecule has 0 spiro atoms. The van der Waals surface area contributed by atoms with Crippen LogP contribution in [0.25, 0.3) is 0 Å². The molecule has 2 heterocycles. The molecule has 2 fully saturated rings. The van der Waals surface area contributed by atoms with Gasteiger partial charge in [-0.25, -0.2) is 0 Å². The van der Waals surface area contributed by atoms with Crippen molar-refractivity contribution in [2.24, 2.45) is 5.92 Å². The van der Waals surface area contributed by atoms with Crippen molar-refractivity contribution in [3.8, 4) is 0 Å². The molecule has 0 amide bonds. The van der Waals surface area contributed by atoms with Crippen molar-refractivity contribution in [3.63, 3.8) is 0 Å². The van der Waals surface area contributed by atoms with E-state index in [0.29, 0.717) is 11.6 Å². The van der Waals surface area contributed by atoms with Crippen LogP contribution in [0.3, 0.4) is 0 Å². The average molecular weight is 273 g/mol. The van der Waals surface area contributed by atoms with Crippen LogP contribution in [0.2, 0.25) is 0 Å².